The first-order valence-electron chi connectivity index (χ1n) is 9.36. The zero-order valence-electron chi connectivity index (χ0n) is 15.6. The second-order valence-corrected chi connectivity index (χ2v) is 8.78. The first kappa shape index (κ1) is 19.6. The van der Waals surface area contributed by atoms with Crippen molar-refractivity contribution in [3.63, 3.8) is 0 Å². The highest BCUT2D eigenvalue weighted by molar-refractivity contribution is 7.89. The highest BCUT2D eigenvalue weighted by atomic mass is 32.2. The minimum absolute atomic E-state index is 0.00989. The molecule has 6 heteroatoms. The highest BCUT2D eigenvalue weighted by Crippen LogP contribution is 2.22. The van der Waals surface area contributed by atoms with Gasteiger partial charge in [0.2, 0.25) is 15.9 Å². The Balaban J connectivity index is 1.42. The van der Waals surface area contributed by atoms with Crippen LogP contribution >= 0.6 is 0 Å². The summed E-state index contributed by atoms with van der Waals surface area (Å²) >= 11 is 0. The van der Waals surface area contributed by atoms with Crippen molar-refractivity contribution in [2.24, 2.45) is 0 Å². The number of sulfonamides is 1. The highest BCUT2D eigenvalue weighted by Gasteiger charge is 2.27. The summed E-state index contributed by atoms with van der Waals surface area (Å²) in [5.41, 5.74) is 3.43. The predicted octanol–water partition coefficient (Wildman–Crippen LogP) is 2.73. The van der Waals surface area contributed by atoms with E-state index in [1.807, 2.05) is 12.1 Å². The van der Waals surface area contributed by atoms with Gasteiger partial charge in [0.05, 0.1) is 4.90 Å². The smallest absolute Gasteiger partial charge is 0.240 e. The van der Waals surface area contributed by atoms with Gasteiger partial charge < -0.3 is 5.32 Å². The molecule has 5 nitrogen and oxygen atoms in total. The zero-order valence-corrected chi connectivity index (χ0v) is 16.4. The number of rotatable bonds is 9. The molecule has 0 unspecified atom stereocenters. The Morgan fingerprint density at radius 3 is 2.41 bits per heavy atom. The first-order chi connectivity index (χ1) is 12.9. The average molecular weight is 387 g/mol. The van der Waals surface area contributed by atoms with Gasteiger partial charge in [-0.1, -0.05) is 36.4 Å². The molecule has 0 heterocycles. The van der Waals surface area contributed by atoms with Crippen LogP contribution in [-0.4, -0.2) is 26.9 Å². The van der Waals surface area contributed by atoms with Crippen LogP contribution in [0.5, 0.6) is 0 Å². The zero-order chi connectivity index (χ0) is 19.3. The van der Waals surface area contributed by atoms with Gasteiger partial charge in [-0.15, -0.1) is 0 Å². The molecule has 2 aromatic rings. The van der Waals surface area contributed by atoms with Crippen molar-refractivity contribution in [3.05, 3.63) is 65.2 Å². The molecule has 1 aliphatic rings. The molecule has 2 N–H and O–H groups in total. The molecule has 2 aromatic carbocycles. The lowest BCUT2D eigenvalue weighted by molar-refractivity contribution is -0.121. The fraction of sp³-hybridized carbons (Fsp3) is 0.381. The summed E-state index contributed by atoms with van der Waals surface area (Å²) < 4.78 is 27.0. The van der Waals surface area contributed by atoms with E-state index in [0.717, 1.165) is 24.8 Å². The molecule has 1 saturated carbocycles. The maximum atomic E-state index is 12.1. The van der Waals surface area contributed by atoms with E-state index in [-0.39, 0.29) is 16.8 Å². The standard InChI is InChI=1S/C21H26N2O3S/c1-16-4-2-3-5-18(16)14-15-22-21(24)13-8-17-6-11-20(12-7-17)27(25,26)23-19-9-10-19/h2-7,11-12,19,23H,8-10,13-15H2,1H3,(H,22,24). The lowest BCUT2D eigenvalue weighted by atomic mass is 10.1. The summed E-state index contributed by atoms with van der Waals surface area (Å²) in [4.78, 5) is 12.3. The van der Waals surface area contributed by atoms with E-state index in [1.165, 1.54) is 11.1 Å². The molecule has 1 fully saturated rings. The molecule has 0 radical (unpaired) electrons. The number of carbonyl (C=O) groups excluding carboxylic acids is 1. The van der Waals surface area contributed by atoms with E-state index < -0.39 is 10.0 Å². The van der Waals surface area contributed by atoms with Gasteiger partial charge in [0.25, 0.3) is 0 Å². The summed E-state index contributed by atoms with van der Waals surface area (Å²) in [5.74, 6) is 0.00989. The van der Waals surface area contributed by atoms with E-state index in [0.29, 0.717) is 19.4 Å². The summed E-state index contributed by atoms with van der Waals surface area (Å²) in [6.45, 7) is 2.69. The Kier molecular flexibility index (Phi) is 6.29. The number of hydrogen-bond donors (Lipinski definition) is 2. The molecule has 0 atom stereocenters. The van der Waals surface area contributed by atoms with Crippen molar-refractivity contribution in [2.75, 3.05) is 6.54 Å². The quantitative estimate of drug-likeness (QED) is 0.696. The number of nitrogens with one attached hydrogen (secondary N) is 2. The van der Waals surface area contributed by atoms with Crippen molar-refractivity contribution in [3.8, 4) is 0 Å². The maximum Gasteiger partial charge on any atom is 0.240 e. The molecule has 0 bridgehead atoms. The maximum absolute atomic E-state index is 12.1. The predicted molar refractivity (Wildman–Crippen MR) is 106 cm³/mol. The molecule has 144 valence electrons. The second kappa shape index (κ2) is 8.67. The average Bonchev–Trinajstić information content (AvgIpc) is 3.45. The van der Waals surface area contributed by atoms with E-state index in [2.05, 4.69) is 29.1 Å². The van der Waals surface area contributed by atoms with Crippen molar-refractivity contribution in [1.29, 1.82) is 0 Å². The Hall–Kier alpha value is -2.18. The van der Waals surface area contributed by atoms with Gasteiger partial charge in [0, 0.05) is 19.0 Å². The molecular formula is C21H26N2O3S. The monoisotopic (exact) mass is 386 g/mol. The number of carbonyl (C=O) groups is 1. The second-order valence-electron chi connectivity index (χ2n) is 7.07. The molecule has 0 aromatic heterocycles. The molecule has 1 aliphatic carbocycles. The SMILES string of the molecule is Cc1ccccc1CCNC(=O)CCc1ccc(S(=O)(=O)NC2CC2)cc1. The van der Waals surface area contributed by atoms with Crippen LogP contribution in [0.4, 0.5) is 0 Å². The summed E-state index contributed by atoms with van der Waals surface area (Å²) in [5, 5.41) is 2.95. The van der Waals surface area contributed by atoms with Crippen molar-refractivity contribution in [2.45, 2.75) is 50.0 Å². The molecule has 0 aliphatic heterocycles. The van der Waals surface area contributed by atoms with Gasteiger partial charge >= 0.3 is 0 Å². The van der Waals surface area contributed by atoms with Gasteiger partial charge in [-0.05, 0) is 61.4 Å². The lowest BCUT2D eigenvalue weighted by Crippen LogP contribution is -2.26. The summed E-state index contributed by atoms with van der Waals surface area (Å²) in [6.07, 6.45) is 3.62. The van der Waals surface area contributed by atoms with E-state index in [4.69, 9.17) is 0 Å². The molecule has 3 rings (SSSR count). The van der Waals surface area contributed by atoms with Gasteiger partial charge in [-0.3, -0.25) is 4.79 Å². The minimum atomic E-state index is -3.42. The Labute approximate surface area is 161 Å². The molecule has 1 amide bonds. The van der Waals surface area contributed by atoms with Gasteiger partial charge in [-0.2, -0.15) is 0 Å². The van der Waals surface area contributed by atoms with Crippen LogP contribution in [0.1, 0.15) is 36.0 Å². The minimum Gasteiger partial charge on any atom is -0.356 e. The lowest BCUT2D eigenvalue weighted by Gasteiger charge is -2.08. The molecule has 0 spiro atoms. The molecular weight excluding hydrogens is 360 g/mol. The number of benzene rings is 2. The summed E-state index contributed by atoms with van der Waals surface area (Å²) in [6, 6.07) is 15.0. The van der Waals surface area contributed by atoms with Crippen LogP contribution in [-0.2, 0) is 27.7 Å². The van der Waals surface area contributed by atoms with Gasteiger partial charge in [-0.25, -0.2) is 13.1 Å². The van der Waals surface area contributed by atoms with Crippen LogP contribution in [0.15, 0.2) is 53.4 Å². The third-order valence-corrected chi connectivity index (χ3v) is 6.29. The van der Waals surface area contributed by atoms with Crippen molar-refractivity contribution < 1.29 is 13.2 Å². The van der Waals surface area contributed by atoms with E-state index in [9.17, 15) is 13.2 Å². The normalized spacial score (nSPS) is 14.1. The third-order valence-electron chi connectivity index (χ3n) is 4.75. The fourth-order valence-electron chi connectivity index (χ4n) is 2.90. The van der Waals surface area contributed by atoms with E-state index >= 15 is 0 Å². The van der Waals surface area contributed by atoms with Crippen LogP contribution in [0.3, 0.4) is 0 Å². The third kappa shape index (κ3) is 5.91. The Morgan fingerprint density at radius 1 is 1.04 bits per heavy atom. The van der Waals surface area contributed by atoms with Crippen LogP contribution in [0.25, 0.3) is 0 Å². The van der Waals surface area contributed by atoms with Crippen LogP contribution < -0.4 is 10.0 Å². The number of hydrogen-bond acceptors (Lipinski definition) is 3. The first-order valence-corrected chi connectivity index (χ1v) is 10.8. The van der Waals surface area contributed by atoms with Gasteiger partial charge in [0.1, 0.15) is 0 Å². The fourth-order valence-corrected chi connectivity index (χ4v) is 4.20. The van der Waals surface area contributed by atoms with Gasteiger partial charge in [0.15, 0.2) is 0 Å². The Morgan fingerprint density at radius 2 is 1.74 bits per heavy atom. The molecule has 0 saturated heterocycles. The largest absolute Gasteiger partial charge is 0.356 e. The van der Waals surface area contributed by atoms with Crippen LogP contribution in [0.2, 0.25) is 0 Å². The van der Waals surface area contributed by atoms with Crippen molar-refractivity contribution >= 4 is 15.9 Å². The molecule has 27 heavy (non-hydrogen) atoms. The summed E-state index contributed by atoms with van der Waals surface area (Å²) in [7, 11) is -3.42. The number of aryl methyl sites for hydroxylation is 2. The Bertz CT molecular complexity index is 888. The van der Waals surface area contributed by atoms with Crippen molar-refractivity contribution in [1.82, 2.24) is 10.0 Å². The number of amides is 1. The van der Waals surface area contributed by atoms with E-state index in [1.54, 1.807) is 24.3 Å². The topological polar surface area (TPSA) is 75.3 Å². The van der Waals surface area contributed by atoms with Crippen LogP contribution in [0, 0.1) is 6.92 Å².